The summed E-state index contributed by atoms with van der Waals surface area (Å²) in [5.41, 5.74) is 2.03. The fourth-order valence-corrected chi connectivity index (χ4v) is 2.85. The lowest BCUT2D eigenvalue weighted by Gasteiger charge is -2.16. The van der Waals surface area contributed by atoms with Crippen molar-refractivity contribution in [1.82, 2.24) is 5.32 Å². The molecule has 0 saturated heterocycles. The van der Waals surface area contributed by atoms with Crippen molar-refractivity contribution < 1.29 is 27.5 Å². The SMILES string of the molecule is CC(NC(=O)c1ccc(OC(F)(F)F)cc1)c1cccc(NC(=O)c2ccccc2)c1. The van der Waals surface area contributed by atoms with Crippen LogP contribution in [0.2, 0.25) is 0 Å². The summed E-state index contributed by atoms with van der Waals surface area (Å²) < 4.78 is 40.5. The lowest BCUT2D eigenvalue weighted by atomic mass is 10.1. The van der Waals surface area contributed by atoms with Gasteiger partial charge in [-0.1, -0.05) is 30.3 Å². The fourth-order valence-electron chi connectivity index (χ4n) is 2.85. The van der Waals surface area contributed by atoms with E-state index < -0.39 is 24.1 Å². The average molecular weight is 428 g/mol. The van der Waals surface area contributed by atoms with E-state index in [2.05, 4.69) is 15.4 Å². The summed E-state index contributed by atoms with van der Waals surface area (Å²) in [5.74, 6) is -1.11. The molecule has 0 heterocycles. The van der Waals surface area contributed by atoms with Gasteiger partial charge in [0.25, 0.3) is 11.8 Å². The first-order valence-corrected chi connectivity index (χ1v) is 9.34. The molecule has 0 aliphatic heterocycles. The van der Waals surface area contributed by atoms with Crippen LogP contribution >= 0.6 is 0 Å². The Kier molecular flexibility index (Phi) is 6.59. The number of hydrogen-bond donors (Lipinski definition) is 2. The second kappa shape index (κ2) is 9.34. The average Bonchev–Trinajstić information content (AvgIpc) is 2.74. The maximum absolute atomic E-state index is 12.4. The molecule has 0 spiro atoms. The molecule has 31 heavy (non-hydrogen) atoms. The summed E-state index contributed by atoms with van der Waals surface area (Å²) in [6, 6.07) is 20.0. The Balaban J connectivity index is 1.63. The number of hydrogen-bond acceptors (Lipinski definition) is 3. The van der Waals surface area contributed by atoms with Gasteiger partial charge in [0.2, 0.25) is 0 Å². The zero-order valence-corrected chi connectivity index (χ0v) is 16.4. The second-order valence-corrected chi connectivity index (χ2v) is 6.71. The standard InChI is InChI=1S/C23H19F3N2O3/c1-15(27-21(29)17-10-12-20(13-11-17)31-23(24,25)26)18-8-5-9-19(14-18)28-22(30)16-6-3-2-4-7-16/h2-15H,1H3,(H,27,29)(H,28,30). The van der Waals surface area contributed by atoms with E-state index in [0.29, 0.717) is 11.3 Å². The Morgan fingerprint density at radius 3 is 2.13 bits per heavy atom. The van der Waals surface area contributed by atoms with Gasteiger partial charge >= 0.3 is 6.36 Å². The molecule has 1 atom stereocenters. The van der Waals surface area contributed by atoms with Gasteiger partial charge in [0.1, 0.15) is 5.75 Å². The van der Waals surface area contributed by atoms with Gasteiger partial charge < -0.3 is 15.4 Å². The highest BCUT2D eigenvalue weighted by Gasteiger charge is 2.31. The van der Waals surface area contributed by atoms with Crippen molar-refractivity contribution in [2.24, 2.45) is 0 Å². The molecule has 160 valence electrons. The van der Waals surface area contributed by atoms with Gasteiger partial charge in [0.15, 0.2) is 0 Å². The zero-order chi connectivity index (χ0) is 22.4. The Labute approximate surface area is 176 Å². The molecule has 8 heteroatoms. The molecule has 2 amide bonds. The van der Waals surface area contributed by atoms with Crippen molar-refractivity contribution in [3.05, 3.63) is 95.6 Å². The minimum atomic E-state index is -4.79. The highest BCUT2D eigenvalue weighted by atomic mass is 19.4. The number of ether oxygens (including phenoxy) is 1. The maximum atomic E-state index is 12.4. The molecule has 0 aliphatic carbocycles. The molecule has 2 N–H and O–H groups in total. The summed E-state index contributed by atoms with van der Waals surface area (Å²) in [5, 5.41) is 5.58. The molecule has 0 saturated carbocycles. The van der Waals surface area contributed by atoms with E-state index in [-0.39, 0.29) is 11.5 Å². The van der Waals surface area contributed by atoms with Crippen molar-refractivity contribution in [2.45, 2.75) is 19.3 Å². The molecule has 5 nitrogen and oxygen atoms in total. The lowest BCUT2D eigenvalue weighted by Crippen LogP contribution is -2.26. The largest absolute Gasteiger partial charge is 0.573 e. The van der Waals surface area contributed by atoms with Crippen molar-refractivity contribution in [3.8, 4) is 5.75 Å². The van der Waals surface area contributed by atoms with Crippen LogP contribution in [0.3, 0.4) is 0 Å². The first kappa shape index (κ1) is 21.9. The molecule has 1 unspecified atom stereocenters. The normalized spacial score (nSPS) is 12.0. The van der Waals surface area contributed by atoms with E-state index in [1.165, 1.54) is 12.1 Å². The number of amides is 2. The molecule has 0 aliphatic rings. The van der Waals surface area contributed by atoms with Crippen LogP contribution in [0, 0.1) is 0 Å². The topological polar surface area (TPSA) is 67.4 Å². The van der Waals surface area contributed by atoms with Crippen LogP contribution < -0.4 is 15.4 Å². The highest BCUT2D eigenvalue weighted by Crippen LogP contribution is 2.23. The van der Waals surface area contributed by atoms with E-state index >= 15 is 0 Å². The van der Waals surface area contributed by atoms with Gasteiger partial charge in [0.05, 0.1) is 6.04 Å². The second-order valence-electron chi connectivity index (χ2n) is 6.71. The number of nitrogens with one attached hydrogen (secondary N) is 2. The zero-order valence-electron chi connectivity index (χ0n) is 16.4. The smallest absolute Gasteiger partial charge is 0.406 e. The Hall–Kier alpha value is -3.81. The van der Waals surface area contributed by atoms with Crippen molar-refractivity contribution in [1.29, 1.82) is 0 Å². The third-order valence-corrected chi connectivity index (χ3v) is 4.38. The first-order valence-electron chi connectivity index (χ1n) is 9.34. The third-order valence-electron chi connectivity index (χ3n) is 4.38. The van der Waals surface area contributed by atoms with Gasteiger partial charge in [0, 0.05) is 16.8 Å². The van der Waals surface area contributed by atoms with E-state index in [9.17, 15) is 22.8 Å². The van der Waals surface area contributed by atoms with Crippen LogP contribution in [-0.4, -0.2) is 18.2 Å². The van der Waals surface area contributed by atoms with Crippen LogP contribution in [0.15, 0.2) is 78.9 Å². The van der Waals surface area contributed by atoms with Crippen LogP contribution in [0.25, 0.3) is 0 Å². The molecule has 3 aromatic carbocycles. The van der Waals surface area contributed by atoms with Crippen LogP contribution in [0.4, 0.5) is 18.9 Å². The molecule has 3 rings (SSSR count). The van der Waals surface area contributed by atoms with Crippen molar-refractivity contribution in [3.63, 3.8) is 0 Å². The molecular weight excluding hydrogens is 409 g/mol. The minimum Gasteiger partial charge on any atom is -0.406 e. The highest BCUT2D eigenvalue weighted by molar-refractivity contribution is 6.04. The Morgan fingerprint density at radius 2 is 1.48 bits per heavy atom. The van der Waals surface area contributed by atoms with Crippen LogP contribution in [0.5, 0.6) is 5.75 Å². The van der Waals surface area contributed by atoms with E-state index in [0.717, 1.165) is 17.7 Å². The maximum Gasteiger partial charge on any atom is 0.573 e. The summed E-state index contributed by atoms with van der Waals surface area (Å²) in [7, 11) is 0. The predicted molar refractivity (Wildman–Crippen MR) is 110 cm³/mol. The van der Waals surface area contributed by atoms with E-state index in [1.807, 2.05) is 6.07 Å². The van der Waals surface area contributed by atoms with Gasteiger partial charge in [-0.15, -0.1) is 13.2 Å². The molecular formula is C23H19F3N2O3. The summed E-state index contributed by atoms with van der Waals surface area (Å²) >= 11 is 0. The van der Waals surface area contributed by atoms with Crippen molar-refractivity contribution >= 4 is 17.5 Å². The number of benzene rings is 3. The number of rotatable bonds is 6. The lowest BCUT2D eigenvalue weighted by molar-refractivity contribution is -0.274. The minimum absolute atomic E-state index is 0.190. The summed E-state index contributed by atoms with van der Waals surface area (Å²) in [6.45, 7) is 1.76. The molecule has 0 aromatic heterocycles. The molecule has 0 radical (unpaired) electrons. The fraction of sp³-hybridized carbons (Fsp3) is 0.130. The van der Waals surface area contributed by atoms with Gasteiger partial charge in [-0.3, -0.25) is 9.59 Å². The number of halogens is 3. The monoisotopic (exact) mass is 428 g/mol. The Morgan fingerprint density at radius 1 is 0.839 bits per heavy atom. The predicted octanol–water partition coefficient (Wildman–Crippen LogP) is 5.33. The molecule has 0 fully saturated rings. The van der Waals surface area contributed by atoms with E-state index in [4.69, 9.17) is 0 Å². The first-order chi connectivity index (χ1) is 14.7. The number of alkyl halides is 3. The third kappa shape index (κ3) is 6.33. The van der Waals surface area contributed by atoms with Crippen LogP contribution in [0.1, 0.15) is 39.2 Å². The van der Waals surface area contributed by atoms with Crippen LogP contribution in [-0.2, 0) is 0 Å². The number of anilines is 1. The van der Waals surface area contributed by atoms with Gasteiger partial charge in [-0.05, 0) is 61.0 Å². The number of carbonyl (C=O) groups is 2. The molecule has 3 aromatic rings. The summed E-state index contributed by atoms with van der Waals surface area (Å²) in [6.07, 6.45) is -4.79. The van der Waals surface area contributed by atoms with Gasteiger partial charge in [-0.2, -0.15) is 0 Å². The summed E-state index contributed by atoms with van der Waals surface area (Å²) in [4.78, 5) is 24.7. The number of carbonyl (C=O) groups excluding carboxylic acids is 2. The van der Waals surface area contributed by atoms with E-state index in [1.54, 1.807) is 55.5 Å². The Bertz CT molecular complexity index is 1050. The van der Waals surface area contributed by atoms with Gasteiger partial charge in [-0.25, -0.2) is 0 Å². The molecule has 0 bridgehead atoms. The quantitative estimate of drug-likeness (QED) is 0.558. The van der Waals surface area contributed by atoms with Crippen molar-refractivity contribution in [2.75, 3.05) is 5.32 Å².